The lowest BCUT2D eigenvalue weighted by Crippen LogP contribution is -2.44. The number of anilines is 1. The minimum Gasteiger partial charge on any atom is -0.478 e. The van der Waals surface area contributed by atoms with E-state index in [0.717, 1.165) is 24.0 Å². The number of carbonyl (C=O) groups is 1. The van der Waals surface area contributed by atoms with E-state index in [-0.39, 0.29) is 41.4 Å². The fourth-order valence-electron chi connectivity index (χ4n) is 4.31. The molecule has 3 aromatic rings. The van der Waals surface area contributed by atoms with Gasteiger partial charge in [-0.2, -0.15) is 4.98 Å². The largest absolute Gasteiger partial charge is 0.478 e. The second-order valence-electron chi connectivity index (χ2n) is 8.28. The van der Waals surface area contributed by atoms with E-state index < -0.39 is 17.2 Å². The number of halogens is 1. The van der Waals surface area contributed by atoms with Crippen LogP contribution in [0.5, 0.6) is 0 Å². The minimum absolute atomic E-state index is 0.0167. The maximum Gasteiger partial charge on any atom is 0.336 e. The van der Waals surface area contributed by atoms with Crippen LogP contribution in [0.4, 0.5) is 5.95 Å². The second-order valence-corrected chi connectivity index (χ2v) is 8.72. The Hall–Kier alpha value is -3.55. The van der Waals surface area contributed by atoms with Gasteiger partial charge in [0.25, 0.3) is 5.56 Å². The van der Waals surface area contributed by atoms with Crippen molar-refractivity contribution in [3.8, 4) is 11.8 Å². The Morgan fingerprint density at radius 2 is 2.09 bits per heavy atom. The van der Waals surface area contributed by atoms with Gasteiger partial charge < -0.3 is 15.7 Å². The molecule has 0 amide bonds. The van der Waals surface area contributed by atoms with Gasteiger partial charge >= 0.3 is 11.7 Å². The monoisotopic (exact) mass is 484 g/mol. The summed E-state index contributed by atoms with van der Waals surface area (Å²) in [6.45, 7) is 2.96. The summed E-state index contributed by atoms with van der Waals surface area (Å²) in [7, 11) is 1.53. The molecular formula is C23H25ClN6O4. The van der Waals surface area contributed by atoms with E-state index in [0.29, 0.717) is 17.5 Å². The van der Waals surface area contributed by atoms with E-state index in [1.807, 2.05) is 4.90 Å². The standard InChI is InChI=1S/C23H25ClN6O4/c1-3-4-10-29-18-19(26-22(29)28-9-5-6-16(25)13-28)27(2)23(34)30(20(18)31)12-14-11-15(24)7-8-17(14)21(32)33/h7-8,11,16H,5-6,9-10,12-13,25H2,1-2H3,(H,32,33)/t16-/m1/s1. The SMILES string of the molecule is CC#CCn1c(N2CCC[C@@H](N)C2)nc2c1c(=O)n(Cc1cc(Cl)ccc1C(=O)O)c(=O)n2C. The highest BCUT2D eigenvalue weighted by molar-refractivity contribution is 6.30. The average Bonchev–Trinajstić information content (AvgIpc) is 3.18. The van der Waals surface area contributed by atoms with Crippen molar-refractivity contribution in [2.24, 2.45) is 12.8 Å². The van der Waals surface area contributed by atoms with Crippen LogP contribution in [0.25, 0.3) is 11.2 Å². The highest BCUT2D eigenvalue weighted by Gasteiger charge is 2.26. The quantitative estimate of drug-likeness (QED) is 0.521. The number of nitrogens with zero attached hydrogens (tertiary/aromatic N) is 5. The van der Waals surface area contributed by atoms with Crippen molar-refractivity contribution >= 4 is 34.7 Å². The molecule has 0 aliphatic carbocycles. The van der Waals surface area contributed by atoms with Crippen molar-refractivity contribution in [2.45, 2.75) is 38.9 Å². The summed E-state index contributed by atoms with van der Waals surface area (Å²) in [5.74, 6) is 5.17. The van der Waals surface area contributed by atoms with E-state index in [1.165, 1.54) is 29.8 Å². The molecule has 1 saturated heterocycles. The zero-order valence-corrected chi connectivity index (χ0v) is 19.7. The average molecular weight is 485 g/mol. The van der Waals surface area contributed by atoms with Gasteiger partial charge in [0, 0.05) is 31.2 Å². The van der Waals surface area contributed by atoms with E-state index in [9.17, 15) is 19.5 Å². The molecule has 1 atom stereocenters. The molecule has 0 saturated carbocycles. The minimum atomic E-state index is -1.18. The number of benzene rings is 1. The smallest absolute Gasteiger partial charge is 0.336 e. The van der Waals surface area contributed by atoms with E-state index in [2.05, 4.69) is 16.8 Å². The lowest BCUT2D eigenvalue weighted by molar-refractivity contribution is 0.0695. The number of hydrogen-bond donors (Lipinski definition) is 2. The zero-order chi connectivity index (χ0) is 24.6. The number of aromatic carboxylic acids is 1. The number of nitrogens with two attached hydrogens (primary N) is 1. The van der Waals surface area contributed by atoms with Crippen molar-refractivity contribution in [3.05, 3.63) is 55.2 Å². The van der Waals surface area contributed by atoms with E-state index in [1.54, 1.807) is 11.5 Å². The first kappa shape index (κ1) is 23.6. The molecule has 3 N–H and O–H groups in total. The van der Waals surface area contributed by atoms with Crippen LogP contribution in [-0.4, -0.2) is 48.9 Å². The molecule has 0 spiro atoms. The number of imidazole rings is 1. The Morgan fingerprint density at radius 3 is 2.76 bits per heavy atom. The summed E-state index contributed by atoms with van der Waals surface area (Å²) < 4.78 is 4.01. The van der Waals surface area contributed by atoms with Gasteiger partial charge in [0.1, 0.15) is 0 Å². The number of carboxylic acids is 1. The van der Waals surface area contributed by atoms with Crippen molar-refractivity contribution in [3.63, 3.8) is 0 Å². The van der Waals surface area contributed by atoms with Gasteiger partial charge in [-0.05, 0) is 43.5 Å². The molecule has 0 unspecified atom stereocenters. The number of fused-ring (bicyclic) bond motifs is 1. The molecule has 178 valence electrons. The molecule has 1 fully saturated rings. The zero-order valence-electron chi connectivity index (χ0n) is 18.9. The molecule has 11 heteroatoms. The van der Waals surface area contributed by atoms with E-state index >= 15 is 0 Å². The Balaban J connectivity index is 1.95. The fourth-order valence-corrected chi connectivity index (χ4v) is 4.51. The Bertz CT molecular complexity index is 1460. The van der Waals surface area contributed by atoms with Gasteiger partial charge in [-0.25, -0.2) is 9.59 Å². The fraction of sp³-hybridized carbons (Fsp3) is 0.391. The summed E-state index contributed by atoms with van der Waals surface area (Å²) in [5.41, 5.74) is 5.65. The first-order valence-corrected chi connectivity index (χ1v) is 11.2. The van der Waals surface area contributed by atoms with Crippen LogP contribution in [-0.2, 0) is 20.1 Å². The topological polar surface area (TPSA) is 128 Å². The number of carboxylic acid groups (broad SMARTS) is 1. The van der Waals surface area contributed by atoms with Crippen molar-refractivity contribution in [1.29, 1.82) is 0 Å². The summed E-state index contributed by atoms with van der Waals surface area (Å²) in [4.78, 5) is 45.2. The molecule has 2 aromatic heterocycles. The molecule has 3 heterocycles. The van der Waals surface area contributed by atoms with Crippen LogP contribution in [0.3, 0.4) is 0 Å². The van der Waals surface area contributed by atoms with Crippen LogP contribution < -0.4 is 21.9 Å². The predicted molar refractivity (Wildman–Crippen MR) is 130 cm³/mol. The maximum absolute atomic E-state index is 13.6. The normalized spacial score (nSPS) is 15.9. The van der Waals surface area contributed by atoms with Crippen molar-refractivity contribution in [2.75, 3.05) is 18.0 Å². The number of aryl methyl sites for hydroxylation is 1. The Morgan fingerprint density at radius 1 is 1.32 bits per heavy atom. The molecule has 34 heavy (non-hydrogen) atoms. The van der Waals surface area contributed by atoms with Crippen LogP contribution >= 0.6 is 11.6 Å². The van der Waals surface area contributed by atoms with Gasteiger partial charge in [-0.15, -0.1) is 5.92 Å². The first-order chi connectivity index (χ1) is 16.2. The van der Waals surface area contributed by atoms with Crippen LogP contribution in [0.2, 0.25) is 5.02 Å². The van der Waals surface area contributed by atoms with Crippen LogP contribution in [0, 0.1) is 11.8 Å². The van der Waals surface area contributed by atoms with Gasteiger partial charge in [0.2, 0.25) is 5.95 Å². The summed E-state index contributed by atoms with van der Waals surface area (Å²) in [6.07, 6.45) is 1.79. The summed E-state index contributed by atoms with van der Waals surface area (Å²) in [6, 6.07) is 4.23. The summed E-state index contributed by atoms with van der Waals surface area (Å²) >= 11 is 6.07. The highest BCUT2D eigenvalue weighted by Crippen LogP contribution is 2.23. The van der Waals surface area contributed by atoms with Gasteiger partial charge in [0.15, 0.2) is 11.2 Å². The molecule has 0 radical (unpaired) electrons. The maximum atomic E-state index is 13.6. The summed E-state index contributed by atoms with van der Waals surface area (Å²) in [5, 5.41) is 9.85. The van der Waals surface area contributed by atoms with Crippen molar-refractivity contribution in [1.82, 2.24) is 18.7 Å². The lowest BCUT2D eigenvalue weighted by atomic mass is 10.1. The molecule has 1 aliphatic rings. The molecular weight excluding hydrogens is 460 g/mol. The molecule has 4 rings (SSSR count). The predicted octanol–water partition coefficient (Wildman–Crippen LogP) is 1.25. The molecule has 1 aliphatic heterocycles. The lowest BCUT2D eigenvalue weighted by Gasteiger charge is -2.31. The molecule has 0 bridgehead atoms. The first-order valence-electron chi connectivity index (χ1n) is 10.8. The third kappa shape index (κ3) is 4.20. The molecule has 10 nitrogen and oxygen atoms in total. The number of rotatable bonds is 5. The third-order valence-electron chi connectivity index (χ3n) is 5.99. The number of piperidine rings is 1. The second kappa shape index (κ2) is 9.37. The third-order valence-corrected chi connectivity index (χ3v) is 6.23. The van der Waals surface area contributed by atoms with Gasteiger partial charge in [-0.1, -0.05) is 17.5 Å². The highest BCUT2D eigenvalue weighted by atomic mass is 35.5. The van der Waals surface area contributed by atoms with Gasteiger partial charge in [-0.3, -0.25) is 18.5 Å². The Labute approximate surface area is 200 Å². The van der Waals surface area contributed by atoms with Gasteiger partial charge in [0.05, 0.1) is 18.7 Å². The number of aromatic nitrogens is 4. The Kier molecular flexibility index (Phi) is 6.50. The van der Waals surface area contributed by atoms with Crippen LogP contribution in [0.1, 0.15) is 35.7 Å². The van der Waals surface area contributed by atoms with Crippen LogP contribution in [0.15, 0.2) is 27.8 Å². The molecule has 1 aromatic carbocycles. The van der Waals surface area contributed by atoms with E-state index in [4.69, 9.17) is 17.3 Å². The number of hydrogen-bond acceptors (Lipinski definition) is 6. The van der Waals surface area contributed by atoms with Crippen molar-refractivity contribution < 1.29 is 9.90 Å².